The standard InChI is InChI=1S/C13H16O2.C2H6/c1-8-3-4-10-6-13-11(5-9(2)15-13)7-12(10)14-8;1-2/h6-9H,3-5H2,1-2H3;1-2H3. The van der Waals surface area contributed by atoms with Gasteiger partial charge in [-0.05, 0) is 44.4 Å². The fourth-order valence-electron chi connectivity index (χ4n) is 2.42. The van der Waals surface area contributed by atoms with Crippen molar-refractivity contribution in [3.8, 4) is 11.5 Å². The van der Waals surface area contributed by atoms with Gasteiger partial charge in [-0.3, -0.25) is 0 Å². The first-order valence-corrected chi connectivity index (χ1v) is 6.71. The summed E-state index contributed by atoms with van der Waals surface area (Å²) in [6.45, 7) is 8.25. The summed E-state index contributed by atoms with van der Waals surface area (Å²) in [4.78, 5) is 0. The number of fused-ring (bicyclic) bond motifs is 2. The molecule has 17 heavy (non-hydrogen) atoms. The quantitative estimate of drug-likeness (QED) is 0.680. The predicted octanol–water partition coefficient (Wildman–Crippen LogP) is 3.75. The molecule has 0 radical (unpaired) electrons. The third-order valence-electron chi connectivity index (χ3n) is 3.23. The number of hydrogen-bond acceptors (Lipinski definition) is 2. The van der Waals surface area contributed by atoms with E-state index < -0.39 is 0 Å². The lowest BCUT2D eigenvalue weighted by atomic mass is 9.99. The maximum Gasteiger partial charge on any atom is 0.123 e. The minimum Gasteiger partial charge on any atom is -0.490 e. The van der Waals surface area contributed by atoms with Crippen molar-refractivity contribution < 1.29 is 9.47 Å². The van der Waals surface area contributed by atoms with E-state index in [2.05, 4.69) is 26.0 Å². The van der Waals surface area contributed by atoms with Crippen LogP contribution in [-0.4, -0.2) is 12.2 Å². The zero-order chi connectivity index (χ0) is 12.4. The molecule has 2 nitrogen and oxygen atoms in total. The summed E-state index contributed by atoms with van der Waals surface area (Å²) in [7, 11) is 0. The van der Waals surface area contributed by atoms with Crippen molar-refractivity contribution in [2.24, 2.45) is 0 Å². The van der Waals surface area contributed by atoms with Gasteiger partial charge in [-0.2, -0.15) is 0 Å². The lowest BCUT2D eigenvalue weighted by molar-refractivity contribution is 0.192. The molecule has 0 spiro atoms. The molecule has 2 atom stereocenters. The first kappa shape index (κ1) is 12.3. The van der Waals surface area contributed by atoms with Gasteiger partial charge in [0.2, 0.25) is 0 Å². The molecular weight excluding hydrogens is 212 g/mol. The van der Waals surface area contributed by atoms with Crippen molar-refractivity contribution >= 4 is 0 Å². The Balaban J connectivity index is 0.000000514. The van der Waals surface area contributed by atoms with Crippen LogP contribution in [0, 0.1) is 0 Å². The Morgan fingerprint density at radius 3 is 2.29 bits per heavy atom. The van der Waals surface area contributed by atoms with Crippen LogP contribution in [0.3, 0.4) is 0 Å². The molecule has 1 aromatic carbocycles. The number of benzene rings is 1. The second-order valence-corrected chi connectivity index (χ2v) is 4.67. The molecule has 2 heterocycles. The minimum atomic E-state index is 0.321. The van der Waals surface area contributed by atoms with Gasteiger partial charge >= 0.3 is 0 Å². The lowest BCUT2D eigenvalue weighted by Gasteiger charge is -2.23. The highest BCUT2D eigenvalue weighted by molar-refractivity contribution is 5.49. The highest BCUT2D eigenvalue weighted by Gasteiger charge is 2.24. The van der Waals surface area contributed by atoms with E-state index in [0.29, 0.717) is 12.2 Å². The summed E-state index contributed by atoms with van der Waals surface area (Å²) in [6, 6.07) is 4.34. The van der Waals surface area contributed by atoms with E-state index >= 15 is 0 Å². The average Bonchev–Trinajstić information content (AvgIpc) is 2.68. The number of rotatable bonds is 0. The minimum absolute atomic E-state index is 0.321. The van der Waals surface area contributed by atoms with Gasteiger partial charge in [-0.1, -0.05) is 13.8 Å². The zero-order valence-electron chi connectivity index (χ0n) is 11.2. The largest absolute Gasteiger partial charge is 0.490 e. The van der Waals surface area contributed by atoms with Crippen molar-refractivity contribution in [2.45, 2.75) is 59.2 Å². The Labute approximate surface area is 104 Å². The van der Waals surface area contributed by atoms with E-state index in [0.717, 1.165) is 30.8 Å². The van der Waals surface area contributed by atoms with Crippen LogP contribution in [0.2, 0.25) is 0 Å². The first-order chi connectivity index (χ1) is 8.22. The van der Waals surface area contributed by atoms with Gasteiger partial charge in [-0.25, -0.2) is 0 Å². The van der Waals surface area contributed by atoms with E-state index in [-0.39, 0.29) is 0 Å². The van der Waals surface area contributed by atoms with Gasteiger partial charge in [0, 0.05) is 12.0 Å². The van der Waals surface area contributed by atoms with Gasteiger partial charge < -0.3 is 9.47 Å². The van der Waals surface area contributed by atoms with E-state index in [1.54, 1.807) is 0 Å². The number of ether oxygens (including phenoxy) is 2. The maximum atomic E-state index is 5.84. The van der Waals surface area contributed by atoms with E-state index in [1.807, 2.05) is 13.8 Å². The summed E-state index contributed by atoms with van der Waals surface area (Å²) < 4.78 is 11.6. The van der Waals surface area contributed by atoms with E-state index in [1.165, 1.54) is 11.1 Å². The zero-order valence-corrected chi connectivity index (χ0v) is 11.2. The number of aryl methyl sites for hydroxylation is 1. The predicted molar refractivity (Wildman–Crippen MR) is 70.0 cm³/mol. The molecule has 0 amide bonds. The average molecular weight is 234 g/mol. The molecule has 0 N–H and O–H groups in total. The SMILES string of the molecule is CC.CC1CCc2cc3c(cc2O1)CC(C)O3. The van der Waals surface area contributed by atoms with E-state index in [4.69, 9.17) is 9.47 Å². The molecule has 2 unspecified atom stereocenters. The van der Waals surface area contributed by atoms with Crippen LogP contribution >= 0.6 is 0 Å². The van der Waals surface area contributed by atoms with Crippen molar-refractivity contribution in [3.05, 3.63) is 23.3 Å². The van der Waals surface area contributed by atoms with Crippen LogP contribution in [-0.2, 0) is 12.8 Å². The van der Waals surface area contributed by atoms with Crippen molar-refractivity contribution in [1.29, 1.82) is 0 Å². The van der Waals surface area contributed by atoms with Crippen molar-refractivity contribution in [2.75, 3.05) is 0 Å². The number of hydrogen-bond donors (Lipinski definition) is 0. The van der Waals surface area contributed by atoms with Gasteiger partial charge in [-0.15, -0.1) is 0 Å². The fraction of sp³-hybridized carbons (Fsp3) is 0.600. The molecular formula is C15H22O2. The summed E-state index contributed by atoms with van der Waals surface area (Å²) in [5.74, 6) is 2.14. The van der Waals surface area contributed by atoms with E-state index in [9.17, 15) is 0 Å². The monoisotopic (exact) mass is 234 g/mol. The Hall–Kier alpha value is -1.18. The second kappa shape index (κ2) is 4.99. The Bertz CT molecular complexity index is 398. The van der Waals surface area contributed by atoms with Crippen molar-refractivity contribution in [3.63, 3.8) is 0 Å². The van der Waals surface area contributed by atoms with Crippen molar-refractivity contribution in [1.82, 2.24) is 0 Å². The third-order valence-corrected chi connectivity index (χ3v) is 3.23. The van der Waals surface area contributed by atoms with Crippen LogP contribution in [0.4, 0.5) is 0 Å². The van der Waals surface area contributed by atoms with Crippen LogP contribution in [0.25, 0.3) is 0 Å². The Morgan fingerprint density at radius 2 is 1.53 bits per heavy atom. The molecule has 0 saturated heterocycles. The molecule has 0 aromatic heterocycles. The van der Waals surface area contributed by atoms with Gasteiger partial charge in [0.15, 0.2) is 0 Å². The van der Waals surface area contributed by atoms with Crippen LogP contribution < -0.4 is 9.47 Å². The van der Waals surface area contributed by atoms with Gasteiger partial charge in [0.05, 0.1) is 6.10 Å². The van der Waals surface area contributed by atoms with Gasteiger partial charge in [0.25, 0.3) is 0 Å². The van der Waals surface area contributed by atoms with Crippen LogP contribution in [0.15, 0.2) is 12.1 Å². The lowest BCUT2D eigenvalue weighted by Crippen LogP contribution is -2.18. The molecule has 0 fully saturated rings. The molecule has 2 heteroatoms. The molecule has 0 bridgehead atoms. The summed E-state index contributed by atoms with van der Waals surface area (Å²) >= 11 is 0. The maximum absolute atomic E-state index is 5.84. The van der Waals surface area contributed by atoms with Gasteiger partial charge in [0.1, 0.15) is 17.6 Å². The van der Waals surface area contributed by atoms with Crippen LogP contribution in [0.5, 0.6) is 11.5 Å². The topological polar surface area (TPSA) is 18.5 Å². The Morgan fingerprint density at radius 1 is 0.941 bits per heavy atom. The molecule has 1 aromatic rings. The first-order valence-electron chi connectivity index (χ1n) is 6.71. The summed E-state index contributed by atoms with van der Waals surface area (Å²) in [5, 5.41) is 0. The molecule has 0 aliphatic carbocycles. The smallest absolute Gasteiger partial charge is 0.123 e. The highest BCUT2D eigenvalue weighted by atomic mass is 16.5. The molecule has 94 valence electrons. The highest BCUT2D eigenvalue weighted by Crippen LogP contribution is 2.37. The normalized spacial score (nSPS) is 24.7. The second-order valence-electron chi connectivity index (χ2n) is 4.67. The molecule has 2 aliphatic rings. The Kier molecular flexibility index (Phi) is 3.60. The van der Waals surface area contributed by atoms with Crippen LogP contribution in [0.1, 0.15) is 45.2 Å². The summed E-state index contributed by atoms with van der Waals surface area (Å²) in [6.07, 6.45) is 3.92. The molecule has 0 saturated carbocycles. The third kappa shape index (κ3) is 2.41. The molecule has 3 rings (SSSR count). The fourth-order valence-corrected chi connectivity index (χ4v) is 2.42. The molecule has 2 aliphatic heterocycles. The summed E-state index contributed by atoms with van der Waals surface area (Å²) in [5.41, 5.74) is 2.61.